The maximum atomic E-state index is 15.0. The van der Waals surface area contributed by atoms with Crippen LogP contribution in [-0.2, 0) is 0 Å². The van der Waals surface area contributed by atoms with Gasteiger partial charge in [0.2, 0.25) is 0 Å². The van der Waals surface area contributed by atoms with E-state index in [2.05, 4.69) is 76.3 Å². The van der Waals surface area contributed by atoms with E-state index in [4.69, 9.17) is 0 Å². The van der Waals surface area contributed by atoms with Crippen LogP contribution >= 0.6 is 0 Å². The fourth-order valence-corrected chi connectivity index (χ4v) is 10.1. The molecule has 0 aliphatic carbocycles. The molecule has 0 radical (unpaired) electrons. The Kier molecular flexibility index (Phi) is 11.9. The van der Waals surface area contributed by atoms with Crippen LogP contribution < -0.4 is 19.6 Å². The first-order valence-corrected chi connectivity index (χ1v) is 24.1. The van der Waals surface area contributed by atoms with Gasteiger partial charge < -0.3 is 19.6 Å². The summed E-state index contributed by atoms with van der Waals surface area (Å²) < 4.78 is 60.0. The molecule has 12 nitrogen and oxygen atoms in total. The number of benzene rings is 8. The number of aromatic nitrogens is 8. The topological polar surface area (TPSA) is 116 Å². The summed E-state index contributed by atoms with van der Waals surface area (Å²) in [6.07, 6.45) is 12.8. The predicted molar refractivity (Wildman–Crippen MR) is 290 cm³/mol. The zero-order valence-electron chi connectivity index (χ0n) is 41.2. The van der Waals surface area contributed by atoms with Crippen molar-refractivity contribution in [2.75, 3.05) is 19.6 Å². The first kappa shape index (κ1) is 47.1. The van der Waals surface area contributed by atoms with Crippen LogP contribution in [0.4, 0.5) is 85.8 Å². The van der Waals surface area contributed by atoms with Crippen LogP contribution in [0.2, 0.25) is 0 Å². The molecule has 370 valence electrons. The Hall–Kier alpha value is -9.96. The van der Waals surface area contributed by atoms with Gasteiger partial charge in [-0.25, -0.2) is 57.4 Å². The van der Waals surface area contributed by atoms with Gasteiger partial charge in [0.25, 0.3) is 0 Å². The molecule has 0 aliphatic heterocycles. The van der Waals surface area contributed by atoms with Crippen molar-refractivity contribution in [1.82, 2.24) is 39.9 Å². The van der Waals surface area contributed by atoms with Gasteiger partial charge in [0.15, 0.2) is 0 Å². The Balaban J connectivity index is 1.31. The van der Waals surface area contributed by atoms with E-state index in [-0.39, 0.29) is 0 Å². The van der Waals surface area contributed by atoms with E-state index in [0.29, 0.717) is 91.0 Å². The van der Waals surface area contributed by atoms with Crippen molar-refractivity contribution >= 4 is 101 Å². The second kappa shape index (κ2) is 19.1. The molecule has 0 atom stereocenters. The van der Waals surface area contributed by atoms with Gasteiger partial charge in [-0.1, -0.05) is 24.3 Å². The third kappa shape index (κ3) is 8.21. The molecule has 4 aromatic heterocycles. The highest BCUT2D eigenvalue weighted by Gasteiger charge is 2.31. The molecule has 0 saturated heterocycles. The van der Waals surface area contributed by atoms with Gasteiger partial charge in [-0.2, -0.15) is 0 Å². The Labute approximate surface area is 433 Å². The van der Waals surface area contributed by atoms with Crippen molar-refractivity contribution in [3.8, 4) is 0 Å². The third-order valence-electron chi connectivity index (χ3n) is 13.6. The van der Waals surface area contributed by atoms with Gasteiger partial charge in [-0.3, -0.25) is 0 Å². The molecule has 0 unspecified atom stereocenters. The standard InChI is InChI=1S/C60H42F4N12/c1-35-55(27-65-31-69-35)73(43-13-5-39(61)6-14-43)51-25-52(74(44-15-7-40(62)8-16-44)56-28-66-32-70-36(56)2)48-23-24-50-54(76(46-19-11-42(64)12-20-46)58-30-68-34-72-38(58)4)26-53(49-22-21-47(51)59(48)60(49)50)75(45-17-9-41(63)10-18-45)57-29-67-33-71-37(57)3/h5-34H,1-4H3. The van der Waals surface area contributed by atoms with Crippen LogP contribution in [0.5, 0.6) is 0 Å². The van der Waals surface area contributed by atoms with Crippen molar-refractivity contribution in [3.63, 3.8) is 0 Å². The first-order chi connectivity index (χ1) is 37.0. The lowest BCUT2D eigenvalue weighted by atomic mass is 9.89. The van der Waals surface area contributed by atoms with E-state index in [9.17, 15) is 0 Å². The molecule has 0 amide bonds. The number of aryl methyl sites for hydroxylation is 4. The lowest BCUT2D eigenvalue weighted by Crippen LogP contribution is -2.18. The fraction of sp³-hybridized carbons (Fsp3) is 0.0667. The summed E-state index contributed by atoms with van der Waals surface area (Å²) >= 11 is 0. The molecule has 8 aromatic carbocycles. The number of hydrogen-bond donors (Lipinski definition) is 0. The van der Waals surface area contributed by atoms with E-state index in [0.717, 1.165) is 32.3 Å². The zero-order valence-corrected chi connectivity index (χ0v) is 41.2. The number of hydrogen-bond acceptors (Lipinski definition) is 12. The van der Waals surface area contributed by atoms with Crippen LogP contribution in [0.25, 0.3) is 32.3 Å². The molecule has 0 spiro atoms. The molecule has 0 fully saturated rings. The van der Waals surface area contributed by atoms with Crippen LogP contribution in [0.15, 0.2) is 184 Å². The van der Waals surface area contributed by atoms with Crippen LogP contribution in [-0.4, -0.2) is 39.9 Å². The third-order valence-corrected chi connectivity index (χ3v) is 13.6. The number of rotatable bonds is 12. The average molecular weight is 1010 g/mol. The summed E-state index contributed by atoms with van der Waals surface area (Å²) in [5, 5.41) is 4.66. The largest absolute Gasteiger partial charge is 0.307 e. The van der Waals surface area contributed by atoms with Gasteiger partial charge in [0.1, 0.15) is 48.6 Å². The van der Waals surface area contributed by atoms with Gasteiger partial charge in [0.05, 0.1) is 93.1 Å². The minimum absolute atomic E-state index is 0.419. The molecule has 0 N–H and O–H groups in total. The van der Waals surface area contributed by atoms with Crippen molar-refractivity contribution < 1.29 is 17.6 Å². The van der Waals surface area contributed by atoms with Crippen molar-refractivity contribution in [3.05, 3.63) is 230 Å². The van der Waals surface area contributed by atoms with Gasteiger partial charge >= 0.3 is 0 Å². The summed E-state index contributed by atoms with van der Waals surface area (Å²) in [5.74, 6) is -1.68. The molecule has 0 saturated carbocycles. The first-order valence-electron chi connectivity index (χ1n) is 24.1. The maximum absolute atomic E-state index is 15.0. The van der Waals surface area contributed by atoms with Crippen molar-refractivity contribution in [1.29, 1.82) is 0 Å². The molecule has 16 heteroatoms. The van der Waals surface area contributed by atoms with E-state index in [1.807, 2.05) is 47.3 Å². The normalized spacial score (nSPS) is 11.4. The van der Waals surface area contributed by atoms with E-state index in [1.165, 1.54) is 73.8 Å². The monoisotopic (exact) mass is 1010 g/mol. The molecule has 12 rings (SSSR count). The minimum Gasteiger partial charge on any atom is -0.307 e. The number of anilines is 12. The molecule has 0 aliphatic rings. The lowest BCUT2D eigenvalue weighted by Gasteiger charge is -2.34. The van der Waals surface area contributed by atoms with Crippen LogP contribution in [0, 0.1) is 51.0 Å². The smallest absolute Gasteiger partial charge is 0.123 e. The minimum atomic E-state index is -0.419. The average Bonchev–Trinajstić information content (AvgIpc) is 3.63. The highest BCUT2D eigenvalue weighted by atomic mass is 19.1. The van der Waals surface area contributed by atoms with E-state index in [1.54, 1.807) is 73.3 Å². The van der Waals surface area contributed by atoms with E-state index < -0.39 is 23.3 Å². The Bertz CT molecular complexity index is 3600. The summed E-state index contributed by atoms with van der Waals surface area (Å²) in [6.45, 7) is 7.54. The summed E-state index contributed by atoms with van der Waals surface area (Å²) in [4.78, 5) is 44.6. The van der Waals surface area contributed by atoms with Gasteiger partial charge in [0, 0.05) is 55.1 Å². The Morgan fingerprint density at radius 3 is 0.684 bits per heavy atom. The van der Waals surface area contributed by atoms with Crippen molar-refractivity contribution in [2.45, 2.75) is 27.7 Å². The van der Waals surface area contributed by atoms with Gasteiger partial charge in [-0.15, -0.1) is 0 Å². The second-order valence-electron chi connectivity index (χ2n) is 18.1. The van der Waals surface area contributed by atoms with Crippen LogP contribution in [0.3, 0.4) is 0 Å². The summed E-state index contributed by atoms with van der Waals surface area (Å²) in [6, 6.07) is 37.3. The molecular formula is C60H42F4N12. The molecule has 4 heterocycles. The molecule has 12 aromatic rings. The second-order valence-corrected chi connectivity index (χ2v) is 18.1. The lowest BCUT2D eigenvalue weighted by molar-refractivity contribution is 0.627. The number of halogens is 4. The predicted octanol–water partition coefficient (Wildman–Crippen LogP) is 15.4. The Morgan fingerprint density at radius 1 is 0.276 bits per heavy atom. The molecular weight excluding hydrogens is 965 g/mol. The van der Waals surface area contributed by atoms with E-state index >= 15 is 17.6 Å². The highest BCUT2D eigenvalue weighted by molar-refractivity contribution is 6.33. The molecule has 76 heavy (non-hydrogen) atoms. The maximum Gasteiger partial charge on any atom is 0.123 e. The molecule has 0 bridgehead atoms. The summed E-state index contributed by atoms with van der Waals surface area (Å²) in [5.41, 5.74) is 10.1. The van der Waals surface area contributed by atoms with Gasteiger partial charge in [-0.05, 0) is 137 Å². The van der Waals surface area contributed by atoms with Crippen LogP contribution in [0.1, 0.15) is 22.8 Å². The quantitative estimate of drug-likeness (QED) is 0.0857. The highest BCUT2D eigenvalue weighted by Crippen LogP contribution is 2.55. The SMILES string of the molecule is Cc1ncncc1N(c1ccc(F)cc1)c1cc(N(c2ccc(F)cc2)c2cncnc2C)c2ccc3c(N(c4ccc(F)cc4)c4cncnc4C)cc(N(c4ccc(F)cc4)c4cncnc4C)c4ccc1c2c43. The summed E-state index contributed by atoms with van der Waals surface area (Å²) in [7, 11) is 0. The number of nitrogens with zero attached hydrogens (tertiary/aromatic N) is 12. The fourth-order valence-electron chi connectivity index (χ4n) is 10.1. The van der Waals surface area contributed by atoms with Crippen molar-refractivity contribution in [2.24, 2.45) is 0 Å². The zero-order chi connectivity index (χ0) is 52.2. The Morgan fingerprint density at radius 2 is 0.487 bits per heavy atom.